The van der Waals surface area contributed by atoms with Crippen LogP contribution < -0.4 is 14.8 Å². The number of hydrogen-bond acceptors (Lipinski definition) is 8. The number of fused-ring (bicyclic) bond motifs is 1. The molecule has 9 nitrogen and oxygen atoms in total. The molecule has 43 heavy (non-hydrogen) atoms. The third-order valence-electron chi connectivity index (χ3n) is 7.29. The van der Waals surface area contributed by atoms with Gasteiger partial charge in [-0.25, -0.2) is 9.37 Å². The largest absolute Gasteiger partial charge is 0.490 e. The molecular formula is C32H29ClFN3O6. The average molecular weight is 606 g/mol. The number of benzene rings is 2. The van der Waals surface area contributed by atoms with Gasteiger partial charge in [0.15, 0.2) is 11.6 Å². The number of ether oxygens (including phenoxy) is 2. The number of halogens is 2. The van der Waals surface area contributed by atoms with Crippen molar-refractivity contribution in [3.05, 3.63) is 88.5 Å². The SMILES string of the molecule is CNC(=O)c1cc2c(Oc3ncc(CC(=O)C4(C(=O)Cc5ccc(F)cc5)CC4)cc3Cl)ccnc2cc1OCC(C)O. The molecule has 4 aromatic rings. The molecule has 1 aliphatic rings. The van der Waals surface area contributed by atoms with Crippen LogP contribution in [0.25, 0.3) is 10.9 Å². The molecule has 2 heterocycles. The van der Waals surface area contributed by atoms with E-state index in [4.69, 9.17) is 21.1 Å². The third kappa shape index (κ3) is 6.65. The minimum Gasteiger partial charge on any atom is -0.490 e. The zero-order valence-corrected chi connectivity index (χ0v) is 24.3. The van der Waals surface area contributed by atoms with E-state index in [-0.39, 0.29) is 59.0 Å². The highest BCUT2D eigenvalue weighted by Crippen LogP contribution is 2.49. The molecule has 2 N–H and O–H groups in total. The molecule has 0 saturated heterocycles. The van der Waals surface area contributed by atoms with Gasteiger partial charge in [0, 0.05) is 43.7 Å². The quantitative estimate of drug-likeness (QED) is 0.215. The Hall–Kier alpha value is -4.41. The van der Waals surface area contributed by atoms with Gasteiger partial charge in [0.05, 0.1) is 22.6 Å². The first kappa shape index (κ1) is 30.1. The van der Waals surface area contributed by atoms with Crippen LogP contribution in [-0.4, -0.2) is 52.3 Å². The Morgan fingerprint density at radius 1 is 1.02 bits per heavy atom. The van der Waals surface area contributed by atoms with Crippen LogP contribution in [0.15, 0.2) is 60.9 Å². The lowest BCUT2D eigenvalue weighted by atomic mass is 9.88. The van der Waals surface area contributed by atoms with Gasteiger partial charge < -0.3 is 19.9 Å². The van der Waals surface area contributed by atoms with Gasteiger partial charge in [-0.3, -0.25) is 19.4 Å². The highest BCUT2D eigenvalue weighted by Gasteiger charge is 2.54. The Labute approximate surface area is 252 Å². The number of carbonyl (C=O) groups is 3. The van der Waals surface area contributed by atoms with Gasteiger partial charge >= 0.3 is 0 Å². The molecule has 0 spiro atoms. The first-order chi connectivity index (χ1) is 20.6. The van der Waals surface area contributed by atoms with Crippen LogP contribution in [0.4, 0.5) is 4.39 Å². The van der Waals surface area contributed by atoms with Crippen LogP contribution in [0, 0.1) is 11.2 Å². The topological polar surface area (TPSA) is 128 Å². The van der Waals surface area contributed by atoms with Crippen molar-refractivity contribution >= 4 is 40.0 Å². The van der Waals surface area contributed by atoms with Crippen LogP contribution in [0.2, 0.25) is 5.02 Å². The average Bonchev–Trinajstić information content (AvgIpc) is 3.80. The normalized spacial score (nSPS) is 14.2. The number of rotatable bonds is 12. The van der Waals surface area contributed by atoms with Gasteiger partial charge in [-0.15, -0.1) is 0 Å². The van der Waals surface area contributed by atoms with Crippen molar-refractivity contribution in [3.8, 4) is 17.4 Å². The summed E-state index contributed by atoms with van der Waals surface area (Å²) >= 11 is 6.51. The van der Waals surface area contributed by atoms with Crippen LogP contribution in [0.5, 0.6) is 17.4 Å². The van der Waals surface area contributed by atoms with E-state index in [9.17, 15) is 23.9 Å². The molecule has 1 atom stereocenters. The van der Waals surface area contributed by atoms with Crippen molar-refractivity contribution in [2.45, 2.75) is 38.7 Å². The fourth-order valence-electron chi connectivity index (χ4n) is 4.77. The summed E-state index contributed by atoms with van der Waals surface area (Å²) in [5, 5.41) is 12.8. The number of ketones is 2. The maximum Gasteiger partial charge on any atom is 0.254 e. The van der Waals surface area contributed by atoms with Crippen LogP contribution in [0.3, 0.4) is 0 Å². The summed E-state index contributed by atoms with van der Waals surface area (Å²) in [6.45, 7) is 1.56. The Balaban J connectivity index is 1.33. The monoisotopic (exact) mass is 605 g/mol. The number of nitrogens with one attached hydrogen (secondary N) is 1. The summed E-state index contributed by atoms with van der Waals surface area (Å²) in [6.07, 6.45) is 3.26. The van der Waals surface area contributed by atoms with Gasteiger partial charge in [0.1, 0.15) is 28.9 Å². The number of aliphatic hydroxyl groups excluding tert-OH is 1. The van der Waals surface area contributed by atoms with E-state index >= 15 is 0 Å². The number of hydrogen-bond donors (Lipinski definition) is 2. The molecule has 0 radical (unpaired) electrons. The van der Waals surface area contributed by atoms with Crippen molar-refractivity contribution in [1.82, 2.24) is 15.3 Å². The smallest absolute Gasteiger partial charge is 0.254 e. The maximum absolute atomic E-state index is 13.2. The first-order valence-corrected chi connectivity index (χ1v) is 14.1. The molecule has 11 heteroatoms. The highest BCUT2D eigenvalue weighted by molar-refractivity contribution is 6.32. The van der Waals surface area contributed by atoms with E-state index in [0.29, 0.717) is 40.6 Å². The molecule has 0 bridgehead atoms. The minimum atomic E-state index is -1.04. The predicted molar refractivity (Wildman–Crippen MR) is 157 cm³/mol. The Kier molecular flexibility index (Phi) is 8.70. The maximum atomic E-state index is 13.2. The molecular weight excluding hydrogens is 577 g/mol. The molecule has 5 rings (SSSR count). The zero-order chi connectivity index (χ0) is 30.7. The number of nitrogens with zero attached hydrogens (tertiary/aromatic N) is 2. The number of carbonyl (C=O) groups excluding carboxylic acids is 3. The van der Waals surface area contributed by atoms with Crippen molar-refractivity contribution in [1.29, 1.82) is 0 Å². The summed E-state index contributed by atoms with van der Waals surface area (Å²) in [6, 6.07) is 12.0. The van der Waals surface area contributed by atoms with Crippen molar-refractivity contribution in [2.75, 3.05) is 13.7 Å². The molecule has 2 aromatic carbocycles. The minimum absolute atomic E-state index is 0.0103. The van der Waals surface area contributed by atoms with E-state index in [0.717, 1.165) is 0 Å². The first-order valence-electron chi connectivity index (χ1n) is 13.7. The number of pyridine rings is 2. The lowest BCUT2D eigenvalue weighted by molar-refractivity contribution is -0.133. The molecule has 1 saturated carbocycles. The fourth-order valence-corrected chi connectivity index (χ4v) is 5.00. The Morgan fingerprint density at radius 2 is 1.72 bits per heavy atom. The second kappa shape index (κ2) is 12.4. The summed E-state index contributed by atoms with van der Waals surface area (Å²) in [7, 11) is 1.49. The Bertz CT molecular complexity index is 1710. The van der Waals surface area contributed by atoms with Gasteiger partial charge in [-0.1, -0.05) is 23.7 Å². The van der Waals surface area contributed by atoms with Crippen LogP contribution in [0.1, 0.15) is 41.3 Å². The van der Waals surface area contributed by atoms with E-state index in [1.807, 2.05) is 0 Å². The number of aliphatic hydroxyl groups is 1. The molecule has 1 amide bonds. The lowest BCUT2D eigenvalue weighted by Gasteiger charge is -2.15. The number of Topliss-reactive ketones (excluding diaryl/α,β-unsaturated/α-hetero) is 2. The summed E-state index contributed by atoms with van der Waals surface area (Å²) in [4.78, 5) is 47.4. The standard InChI is InChI=1S/C32H29ClFN3O6/c1-18(38)17-42-27-15-25-22(14-23(27)30(41)35-2)26(7-10-36-25)43-31-24(33)11-20(16-37-31)13-29(40)32(8-9-32)28(39)12-19-3-5-21(34)6-4-19/h3-7,10-11,14-16,18,38H,8-9,12-13,17H2,1-2H3,(H,35,41). The third-order valence-corrected chi connectivity index (χ3v) is 7.56. The molecule has 1 aliphatic carbocycles. The summed E-state index contributed by atoms with van der Waals surface area (Å²) in [5.41, 5.74) is 0.858. The summed E-state index contributed by atoms with van der Waals surface area (Å²) in [5.74, 6) is -0.499. The molecule has 1 unspecified atom stereocenters. The van der Waals surface area contributed by atoms with Crippen molar-refractivity contribution in [2.24, 2.45) is 5.41 Å². The van der Waals surface area contributed by atoms with E-state index in [2.05, 4.69) is 15.3 Å². The second-order valence-corrected chi connectivity index (χ2v) is 11.0. The molecule has 0 aliphatic heterocycles. The van der Waals surface area contributed by atoms with Crippen LogP contribution >= 0.6 is 11.6 Å². The van der Waals surface area contributed by atoms with Gasteiger partial charge in [-0.2, -0.15) is 0 Å². The zero-order valence-electron chi connectivity index (χ0n) is 23.5. The van der Waals surface area contributed by atoms with Gasteiger partial charge in [0.25, 0.3) is 5.91 Å². The van der Waals surface area contributed by atoms with Crippen molar-refractivity contribution in [3.63, 3.8) is 0 Å². The van der Waals surface area contributed by atoms with Crippen molar-refractivity contribution < 1.29 is 33.4 Å². The van der Waals surface area contributed by atoms with Gasteiger partial charge in [-0.05, 0) is 61.2 Å². The molecule has 2 aromatic heterocycles. The molecule has 222 valence electrons. The van der Waals surface area contributed by atoms with Gasteiger partial charge in [0.2, 0.25) is 5.88 Å². The predicted octanol–water partition coefficient (Wildman–Crippen LogP) is 5.04. The lowest BCUT2D eigenvalue weighted by Crippen LogP contribution is -2.29. The summed E-state index contributed by atoms with van der Waals surface area (Å²) < 4.78 is 24.9. The van der Waals surface area contributed by atoms with Crippen LogP contribution in [-0.2, 0) is 22.4 Å². The van der Waals surface area contributed by atoms with E-state index in [1.54, 1.807) is 43.3 Å². The molecule has 1 fully saturated rings. The number of aromatic nitrogens is 2. The Morgan fingerprint density at radius 3 is 2.35 bits per heavy atom. The number of amides is 1. The van der Waals surface area contributed by atoms with E-state index < -0.39 is 17.4 Å². The fraction of sp³-hybridized carbons (Fsp3) is 0.281. The highest BCUT2D eigenvalue weighted by atomic mass is 35.5. The van der Waals surface area contributed by atoms with E-state index in [1.165, 1.54) is 31.6 Å². The second-order valence-electron chi connectivity index (χ2n) is 10.6.